The van der Waals surface area contributed by atoms with Gasteiger partial charge in [0.05, 0.1) is 12.4 Å². The number of benzene rings is 1. The van der Waals surface area contributed by atoms with E-state index in [9.17, 15) is 8.42 Å². The average molecular weight is 416 g/mol. The van der Waals surface area contributed by atoms with Crippen LogP contribution in [0.1, 0.15) is 25.8 Å². The van der Waals surface area contributed by atoms with E-state index in [2.05, 4.69) is 17.0 Å². The Hall–Kier alpha value is -2.17. The Balaban J connectivity index is 0.000000568. The molecule has 0 aromatic heterocycles. The van der Waals surface area contributed by atoms with Crippen molar-refractivity contribution >= 4 is 22.0 Å². The van der Waals surface area contributed by atoms with Crippen LogP contribution in [0.5, 0.6) is 5.75 Å². The third-order valence-electron chi connectivity index (χ3n) is 4.01. The zero-order valence-corrected chi connectivity index (χ0v) is 17.0. The topological polar surface area (TPSA) is 124 Å². The summed E-state index contributed by atoms with van der Waals surface area (Å²) in [4.78, 5) is 20.5. The van der Waals surface area contributed by atoms with Crippen molar-refractivity contribution in [1.82, 2.24) is 9.21 Å². The molecule has 0 amide bonds. The summed E-state index contributed by atoms with van der Waals surface area (Å²) >= 11 is 0. The van der Waals surface area contributed by atoms with E-state index >= 15 is 0 Å². The lowest BCUT2D eigenvalue weighted by atomic mass is 10.2. The third kappa shape index (κ3) is 8.24. The second kappa shape index (κ2) is 11.6. The predicted octanol–water partition coefficient (Wildman–Crippen LogP) is 1.10. The number of hydrogen-bond donors (Lipinski definition) is 2. The Morgan fingerprint density at radius 3 is 1.96 bits per heavy atom. The molecule has 1 aromatic rings. The van der Waals surface area contributed by atoms with Gasteiger partial charge in [-0.25, -0.2) is 18.0 Å². The van der Waals surface area contributed by atoms with E-state index in [1.807, 2.05) is 26.0 Å². The minimum absolute atomic E-state index is 0.256. The lowest BCUT2D eigenvalue weighted by Gasteiger charge is -2.34. The molecule has 1 heterocycles. The quantitative estimate of drug-likeness (QED) is 0.633. The Bertz CT molecular complexity index is 715. The van der Waals surface area contributed by atoms with Gasteiger partial charge in [0, 0.05) is 32.7 Å². The Morgan fingerprint density at radius 2 is 1.54 bits per heavy atom. The summed E-state index contributed by atoms with van der Waals surface area (Å²) in [7, 11) is -3.05. The van der Waals surface area contributed by atoms with Crippen molar-refractivity contribution in [1.29, 1.82) is 0 Å². The van der Waals surface area contributed by atoms with Crippen LogP contribution in [0.4, 0.5) is 0 Å². The summed E-state index contributed by atoms with van der Waals surface area (Å²) in [5, 5.41) is 14.8. The number of piperazine rings is 1. The first-order valence-corrected chi connectivity index (χ1v) is 10.7. The number of ether oxygens (including phenoxy) is 1. The molecule has 0 aliphatic carbocycles. The highest BCUT2D eigenvalue weighted by atomic mass is 32.2. The van der Waals surface area contributed by atoms with Gasteiger partial charge in [0.1, 0.15) is 5.75 Å². The smallest absolute Gasteiger partial charge is 0.414 e. The zero-order chi connectivity index (χ0) is 21.2. The highest BCUT2D eigenvalue weighted by Crippen LogP contribution is 2.15. The van der Waals surface area contributed by atoms with Gasteiger partial charge in [-0.3, -0.25) is 4.90 Å². The molecule has 1 saturated heterocycles. The Kier molecular flexibility index (Phi) is 9.91. The molecule has 0 saturated carbocycles. The summed E-state index contributed by atoms with van der Waals surface area (Å²) in [6.07, 6.45) is 0.675. The number of carbonyl (C=O) groups is 2. The molecule has 1 aliphatic heterocycles. The number of rotatable bonds is 7. The molecular weight excluding hydrogens is 388 g/mol. The molecule has 0 radical (unpaired) electrons. The van der Waals surface area contributed by atoms with Crippen molar-refractivity contribution in [2.24, 2.45) is 0 Å². The van der Waals surface area contributed by atoms with E-state index in [1.165, 1.54) is 5.56 Å². The third-order valence-corrected chi connectivity index (χ3v) is 6.09. The Morgan fingerprint density at radius 1 is 1.00 bits per heavy atom. The van der Waals surface area contributed by atoms with Gasteiger partial charge in [-0.05, 0) is 31.0 Å². The van der Waals surface area contributed by atoms with Crippen LogP contribution in [-0.2, 0) is 26.2 Å². The van der Waals surface area contributed by atoms with Crippen molar-refractivity contribution in [2.75, 3.05) is 38.5 Å². The van der Waals surface area contributed by atoms with Gasteiger partial charge in [0.25, 0.3) is 0 Å². The van der Waals surface area contributed by atoms with E-state index in [0.29, 0.717) is 26.1 Å². The Labute approximate surface area is 165 Å². The molecule has 0 unspecified atom stereocenters. The van der Waals surface area contributed by atoms with Crippen molar-refractivity contribution < 1.29 is 33.0 Å². The zero-order valence-electron chi connectivity index (χ0n) is 16.2. The lowest BCUT2D eigenvalue weighted by molar-refractivity contribution is -0.159. The summed E-state index contributed by atoms with van der Waals surface area (Å²) in [6.45, 7) is 8.17. The molecule has 0 bridgehead atoms. The largest absolute Gasteiger partial charge is 0.494 e. The molecule has 1 aliphatic rings. The van der Waals surface area contributed by atoms with Crippen molar-refractivity contribution in [3.63, 3.8) is 0 Å². The number of hydrogen-bond acceptors (Lipinski definition) is 6. The van der Waals surface area contributed by atoms with Gasteiger partial charge in [0.2, 0.25) is 10.0 Å². The molecule has 0 atom stereocenters. The fourth-order valence-corrected chi connectivity index (χ4v) is 4.16. The van der Waals surface area contributed by atoms with Crippen LogP contribution in [-0.4, -0.2) is 78.3 Å². The van der Waals surface area contributed by atoms with Crippen molar-refractivity contribution in [3.05, 3.63) is 29.8 Å². The van der Waals surface area contributed by atoms with Crippen LogP contribution in [0.25, 0.3) is 0 Å². The minimum Gasteiger partial charge on any atom is -0.494 e. The van der Waals surface area contributed by atoms with E-state index in [0.717, 1.165) is 25.4 Å². The van der Waals surface area contributed by atoms with E-state index in [-0.39, 0.29) is 5.75 Å². The normalized spacial score (nSPS) is 15.4. The second-order valence-corrected chi connectivity index (χ2v) is 8.27. The minimum atomic E-state index is -3.05. The van der Waals surface area contributed by atoms with Crippen LogP contribution < -0.4 is 4.74 Å². The first kappa shape index (κ1) is 23.9. The maximum Gasteiger partial charge on any atom is 0.414 e. The van der Waals surface area contributed by atoms with Gasteiger partial charge in [-0.15, -0.1) is 0 Å². The fourth-order valence-electron chi connectivity index (χ4n) is 2.67. The molecule has 1 aromatic carbocycles. The molecule has 2 rings (SSSR count). The molecule has 28 heavy (non-hydrogen) atoms. The number of carboxylic acid groups (broad SMARTS) is 2. The fraction of sp³-hybridized carbons (Fsp3) is 0.556. The van der Waals surface area contributed by atoms with Gasteiger partial charge >= 0.3 is 11.9 Å². The first-order valence-electron chi connectivity index (χ1n) is 9.07. The monoisotopic (exact) mass is 416 g/mol. The highest BCUT2D eigenvalue weighted by Gasteiger charge is 2.25. The summed E-state index contributed by atoms with van der Waals surface area (Å²) in [5.74, 6) is -2.50. The molecule has 2 N–H and O–H groups in total. The summed E-state index contributed by atoms with van der Waals surface area (Å²) in [6, 6.07) is 8.12. The first-order chi connectivity index (χ1) is 13.2. The van der Waals surface area contributed by atoms with Gasteiger partial charge in [-0.1, -0.05) is 19.1 Å². The molecule has 0 spiro atoms. The summed E-state index contributed by atoms with van der Waals surface area (Å²) < 4.78 is 31.2. The highest BCUT2D eigenvalue weighted by molar-refractivity contribution is 7.89. The number of aliphatic carboxylic acids is 2. The lowest BCUT2D eigenvalue weighted by Crippen LogP contribution is -2.48. The van der Waals surface area contributed by atoms with E-state index in [1.54, 1.807) is 4.31 Å². The van der Waals surface area contributed by atoms with Crippen molar-refractivity contribution in [2.45, 2.75) is 26.8 Å². The average Bonchev–Trinajstić information content (AvgIpc) is 2.64. The predicted molar refractivity (Wildman–Crippen MR) is 104 cm³/mol. The second-order valence-electron chi connectivity index (χ2n) is 6.18. The van der Waals surface area contributed by atoms with Crippen LogP contribution in [0.3, 0.4) is 0 Å². The summed E-state index contributed by atoms with van der Waals surface area (Å²) in [5.41, 5.74) is 1.23. The van der Waals surface area contributed by atoms with E-state index < -0.39 is 22.0 Å². The number of nitrogens with zero attached hydrogens (tertiary/aromatic N) is 2. The maximum atomic E-state index is 12.0. The molecule has 158 valence electrons. The van der Waals surface area contributed by atoms with Gasteiger partial charge in [0.15, 0.2) is 0 Å². The molecule has 1 fully saturated rings. The van der Waals surface area contributed by atoms with Crippen molar-refractivity contribution in [3.8, 4) is 5.75 Å². The molecule has 9 nitrogen and oxygen atoms in total. The van der Waals surface area contributed by atoms with Gasteiger partial charge in [-0.2, -0.15) is 4.31 Å². The van der Waals surface area contributed by atoms with Gasteiger partial charge < -0.3 is 14.9 Å². The molecular formula is C18H28N2O7S. The number of sulfonamides is 1. The SMILES string of the molecule is CCCS(=O)(=O)N1CCN(Cc2ccc(OCC)cc2)CC1.O=C(O)C(=O)O. The van der Waals surface area contributed by atoms with Crippen LogP contribution in [0, 0.1) is 0 Å². The molecule has 10 heteroatoms. The maximum absolute atomic E-state index is 12.0. The van der Waals surface area contributed by atoms with Crippen LogP contribution >= 0.6 is 0 Å². The number of carboxylic acids is 2. The van der Waals surface area contributed by atoms with Crippen LogP contribution in [0.2, 0.25) is 0 Å². The standard InChI is InChI=1S/C16H26N2O3S.C2H2O4/c1-3-13-22(19,20)18-11-9-17(10-12-18)14-15-5-7-16(8-6-15)21-4-2;3-1(4)2(5)6/h5-8H,3-4,9-14H2,1-2H3;(H,3,4)(H,5,6). The van der Waals surface area contributed by atoms with Crippen LogP contribution in [0.15, 0.2) is 24.3 Å². The van der Waals surface area contributed by atoms with E-state index in [4.69, 9.17) is 24.5 Å².